The van der Waals surface area contributed by atoms with Crippen LogP contribution in [0.1, 0.15) is 42.6 Å². The van der Waals surface area contributed by atoms with Crippen molar-refractivity contribution in [1.82, 2.24) is 0 Å². The maximum atomic E-state index is 11.5. The van der Waals surface area contributed by atoms with Crippen LogP contribution in [0.2, 0.25) is 0 Å². The van der Waals surface area contributed by atoms with E-state index in [4.69, 9.17) is 0 Å². The molecule has 2 heteroatoms. The molecule has 0 spiro atoms. The monoisotopic (exact) mass is 228 g/mol. The van der Waals surface area contributed by atoms with Crippen LogP contribution in [-0.2, 0) is 0 Å². The third-order valence-corrected chi connectivity index (χ3v) is 3.05. The Labute approximate surface area is 101 Å². The highest BCUT2D eigenvalue weighted by Gasteiger charge is 2.15. The number of fused-ring (bicyclic) bond motifs is 1. The van der Waals surface area contributed by atoms with Gasteiger partial charge in [-0.05, 0) is 29.9 Å². The average molecular weight is 228 g/mol. The van der Waals surface area contributed by atoms with Gasteiger partial charge in [-0.2, -0.15) is 0 Å². The number of phenolic OH excluding ortho intramolecular Hbond substituents is 1. The second-order valence-corrected chi connectivity index (χ2v) is 4.62. The molecule has 0 heterocycles. The van der Waals surface area contributed by atoms with Gasteiger partial charge in [-0.1, -0.05) is 38.1 Å². The molecular weight excluding hydrogens is 212 g/mol. The van der Waals surface area contributed by atoms with Crippen molar-refractivity contribution in [2.24, 2.45) is 0 Å². The molecule has 0 aliphatic rings. The van der Waals surface area contributed by atoms with Gasteiger partial charge in [0.2, 0.25) is 0 Å². The molecule has 88 valence electrons. The van der Waals surface area contributed by atoms with Gasteiger partial charge in [-0.25, -0.2) is 0 Å². The first-order valence-corrected chi connectivity index (χ1v) is 5.78. The van der Waals surface area contributed by atoms with E-state index in [1.165, 1.54) is 6.92 Å². The minimum atomic E-state index is -0.102. The number of Topliss-reactive ketones (excluding diaryl/α,β-unsaturated/α-hetero) is 1. The van der Waals surface area contributed by atoms with E-state index in [0.29, 0.717) is 11.5 Å². The first kappa shape index (κ1) is 11.6. The largest absolute Gasteiger partial charge is 0.507 e. The van der Waals surface area contributed by atoms with E-state index in [0.717, 1.165) is 16.3 Å². The minimum Gasteiger partial charge on any atom is -0.507 e. The molecule has 0 amide bonds. The molecule has 17 heavy (non-hydrogen) atoms. The van der Waals surface area contributed by atoms with E-state index in [1.54, 1.807) is 0 Å². The van der Waals surface area contributed by atoms with Crippen molar-refractivity contribution >= 4 is 16.6 Å². The normalized spacial score (nSPS) is 11.1. The van der Waals surface area contributed by atoms with Crippen LogP contribution >= 0.6 is 0 Å². The molecule has 0 saturated carbocycles. The Kier molecular flexibility index (Phi) is 2.88. The molecule has 0 aliphatic heterocycles. The van der Waals surface area contributed by atoms with Gasteiger partial charge >= 0.3 is 0 Å². The Morgan fingerprint density at radius 3 is 2.29 bits per heavy atom. The van der Waals surface area contributed by atoms with Gasteiger partial charge < -0.3 is 5.11 Å². The van der Waals surface area contributed by atoms with Crippen LogP contribution in [0.5, 0.6) is 5.75 Å². The lowest BCUT2D eigenvalue weighted by atomic mass is 9.92. The van der Waals surface area contributed by atoms with Crippen molar-refractivity contribution in [3.8, 4) is 5.75 Å². The lowest BCUT2D eigenvalue weighted by Gasteiger charge is -2.14. The number of carbonyl (C=O) groups is 1. The first-order valence-electron chi connectivity index (χ1n) is 5.78. The molecule has 0 atom stereocenters. The lowest BCUT2D eigenvalue weighted by Crippen LogP contribution is -1.98. The molecule has 0 unspecified atom stereocenters. The number of rotatable bonds is 2. The van der Waals surface area contributed by atoms with Crippen molar-refractivity contribution in [3.63, 3.8) is 0 Å². The van der Waals surface area contributed by atoms with Crippen LogP contribution in [0.4, 0.5) is 0 Å². The van der Waals surface area contributed by atoms with Crippen LogP contribution in [0.25, 0.3) is 10.8 Å². The highest BCUT2D eigenvalue weighted by atomic mass is 16.3. The smallest absolute Gasteiger partial charge is 0.163 e. The van der Waals surface area contributed by atoms with Gasteiger partial charge in [0.05, 0.1) is 5.56 Å². The summed E-state index contributed by atoms with van der Waals surface area (Å²) in [5.41, 5.74) is 1.51. The van der Waals surface area contributed by atoms with Crippen LogP contribution in [0, 0.1) is 0 Å². The predicted molar refractivity (Wildman–Crippen MR) is 69.7 cm³/mol. The molecule has 0 aliphatic carbocycles. The number of phenols is 1. The number of carbonyl (C=O) groups excluding carboxylic acids is 1. The molecule has 2 aromatic rings. The summed E-state index contributed by atoms with van der Waals surface area (Å²) in [6.45, 7) is 5.65. The molecule has 0 aromatic heterocycles. The first-order chi connectivity index (χ1) is 8.02. The highest BCUT2D eigenvalue weighted by molar-refractivity contribution is 6.04. The summed E-state index contributed by atoms with van der Waals surface area (Å²) >= 11 is 0. The van der Waals surface area contributed by atoms with E-state index in [1.807, 2.05) is 30.3 Å². The highest BCUT2D eigenvalue weighted by Crippen LogP contribution is 2.35. The Morgan fingerprint density at radius 1 is 1.18 bits per heavy atom. The SMILES string of the molecule is CC(=O)c1cc(C(C)C)c2ccccc2c1O. The van der Waals surface area contributed by atoms with E-state index in [2.05, 4.69) is 13.8 Å². The Hall–Kier alpha value is -1.83. The van der Waals surface area contributed by atoms with Gasteiger partial charge in [-0.15, -0.1) is 0 Å². The fourth-order valence-corrected chi connectivity index (χ4v) is 2.13. The zero-order chi connectivity index (χ0) is 12.6. The summed E-state index contributed by atoms with van der Waals surface area (Å²) in [5, 5.41) is 11.9. The van der Waals surface area contributed by atoms with Crippen molar-refractivity contribution < 1.29 is 9.90 Å². The second kappa shape index (κ2) is 4.21. The van der Waals surface area contributed by atoms with Crippen molar-refractivity contribution in [2.45, 2.75) is 26.7 Å². The summed E-state index contributed by atoms with van der Waals surface area (Å²) in [4.78, 5) is 11.5. The summed E-state index contributed by atoms with van der Waals surface area (Å²) in [6, 6.07) is 9.46. The van der Waals surface area contributed by atoms with Crippen LogP contribution < -0.4 is 0 Å². The van der Waals surface area contributed by atoms with E-state index >= 15 is 0 Å². The summed E-state index contributed by atoms with van der Waals surface area (Å²) in [6.07, 6.45) is 0. The summed E-state index contributed by atoms with van der Waals surface area (Å²) in [5.74, 6) is 0.311. The third-order valence-electron chi connectivity index (χ3n) is 3.05. The zero-order valence-corrected chi connectivity index (χ0v) is 10.3. The van der Waals surface area contributed by atoms with Crippen LogP contribution in [0.3, 0.4) is 0 Å². The third kappa shape index (κ3) is 1.91. The Balaban J connectivity index is 2.89. The van der Waals surface area contributed by atoms with Gasteiger partial charge in [0.15, 0.2) is 5.78 Å². The molecule has 0 fully saturated rings. The Morgan fingerprint density at radius 2 is 1.76 bits per heavy atom. The maximum Gasteiger partial charge on any atom is 0.163 e. The number of ketones is 1. The van der Waals surface area contributed by atoms with E-state index in [-0.39, 0.29) is 11.5 Å². The topological polar surface area (TPSA) is 37.3 Å². The Bertz CT molecular complexity index is 583. The molecule has 0 bridgehead atoms. The second-order valence-electron chi connectivity index (χ2n) is 4.62. The molecule has 2 rings (SSSR count). The number of hydrogen-bond donors (Lipinski definition) is 1. The quantitative estimate of drug-likeness (QED) is 0.792. The van der Waals surface area contributed by atoms with Gasteiger partial charge in [-0.3, -0.25) is 4.79 Å². The number of hydrogen-bond acceptors (Lipinski definition) is 2. The maximum absolute atomic E-state index is 11.5. The van der Waals surface area contributed by atoms with E-state index in [9.17, 15) is 9.90 Å². The number of aromatic hydroxyl groups is 1. The lowest BCUT2D eigenvalue weighted by molar-refractivity contribution is 0.101. The van der Waals surface area contributed by atoms with Crippen LogP contribution in [-0.4, -0.2) is 10.9 Å². The standard InChI is InChI=1S/C15H16O2/c1-9(2)13-8-14(10(3)16)15(17)12-7-5-4-6-11(12)13/h4-9,17H,1-3H3. The van der Waals surface area contributed by atoms with Crippen molar-refractivity contribution in [3.05, 3.63) is 41.5 Å². The summed E-state index contributed by atoms with van der Waals surface area (Å²) < 4.78 is 0. The summed E-state index contributed by atoms with van der Waals surface area (Å²) in [7, 11) is 0. The number of benzene rings is 2. The molecule has 2 aromatic carbocycles. The van der Waals surface area contributed by atoms with Crippen molar-refractivity contribution in [1.29, 1.82) is 0 Å². The van der Waals surface area contributed by atoms with Gasteiger partial charge in [0, 0.05) is 5.39 Å². The predicted octanol–water partition coefficient (Wildman–Crippen LogP) is 3.87. The zero-order valence-electron chi connectivity index (χ0n) is 10.3. The van der Waals surface area contributed by atoms with Crippen LogP contribution in [0.15, 0.2) is 30.3 Å². The molecule has 1 N–H and O–H groups in total. The fourth-order valence-electron chi connectivity index (χ4n) is 2.13. The molecular formula is C15H16O2. The average Bonchev–Trinajstić information content (AvgIpc) is 2.29. The van der Waals surface area contributed by atoms with E-state index < -0.39 is 0 Å². The van der Waals surface area contributed by atoms with Crippen molar-refractivity contribution in [2.75, 3.05) is 0 Å². The molecule has 0 radical (unpaired) electrons. The fraction of sp³-hybridized carbons (Fsp3) is 0.267. The molecule has 0 saturated heterocycles. The minimum absolute atomic E-state index is 0.0949. The molecule has 2 nitrogen and oxygen atoms in total. The van der Waals surface area contributed by atoms with Gasteiger partial charge in [0.25, 0.3) is 0 Å². The van der Waals surface area contributed by atoms with Gasteiger partial charge in [0.1, 0.15) is 5.75 Å².